The van der Waals surface area contributed by atoms with Crippen LogP contribution in [-0.4, -0.2) is 35.6 Å². The number of carbonyl (C=O) groups is 1. The Morgan fingerprint density at radius 2 is 2.17 bits per heavy atom. The summed E-state index contributed by atoms with van der Waals surface area (Å²) in [5.41, 5.74) is 4.27. The second kappa shape index (κ2) is 5.34. The smallest absolute Gasteiger partial charge is 0.310 e. The Hall–Kier alpha value is -1.35. The molecule has 1 saturated heterocycles. The van der Waals surface area contributed by atoms with Crippen molar-refractivity contribution in [2.45, 2.75) is 62.8 Å². The van der Waals surface area contributed by atoms with E-state index in [0.29, 0.717) is 11.5 Å². The predicted octanol–water partition coefficient (Wildman–Crippen LogP) is 3.56. The molecule has 2 fully saturated rings. The fourth-order valence-corrected chi connectivity index (χ4v) is 5.63. The van der Waals surface area contributed by atoms with Gasteiger partial charge in [0.2, 0.25) is 0 Å². The number of nitrogens with zero attached hydrogens (tertiary/aromatic N) is 1. The number of carboxylic acid groups (broad SMARTS) is 1. The van der Waals surface area contributed by atoms with Crippen molar-refractivity contribution < 1.29 is 9.90 Å². The van der Waals surface area contributed by atoms with Crippen molar-refractivity contribution in [1.82, 2.24) is 4.90 Å². The average molecular weight is 313 g/mol. The lowest BCUT2D eigenvalue weighted by Gasteiger charge is -2.58. The Kier molecular flexibility index (Phi) is 3.53. The average Bonchev–Trinajstić information content (AvgIpc) is 2.57. The van der Waals surface area contributed by atoms with Crippen molar-refractivity contribution in [3.63, 3.8) is 0 Å². The molecule has 3 nitrogen and oxygen atoms in total. The van der Waals surface area contributed by atoms with E-state index in [9.17, 15) is 9.90 Å². The summed E-state index contributed by atoms with van der Waals surface area (Å²) in [6.07, 6.45) is 7.69. The summed E-state index contributed by atoms with van der Waals surface area (Å²) >= 11 is 0. The molecular formula is C20H27NO2. The maximum Gasteiger partial charge on any atom is 0.310 e. The molecular weight excluding hydrogens is 286 g/mol. The van der Waals surface area contributed by atoms with Gasteiger partial charge in [0.1, 0.15) is 0 Å². The van der Waals surface area contributed by atoms with E-state index in [4.69, 9.17) is 0 Å². The zero-order valence-electron chi connectivity index (χ0n) is 14.2. The van der Waals surface area contributed by atoms with Crippen LogP contribution in [0, 0.1) is 5.92 Å². The van der Waals surface area contributed by atoms with Gasteiger partial charge in [0, 0.05) is 11.5 Å². The zero-order chi connectivity index (χ0) is 16.2. The van der Waals surface area contributed by atoms with Crippen LogP contribution in [0.25, 0.3) is 0 Å². The normalized spacial score (nSPS) is 34.3. The minimum atomic E-state index is -0.722. The van der Waals surface area contributed by atoms with Gasteiger partial charge in [-0.15, -0.1) is 0 Å². The highest BCUT2D eigenvalue weighted by atomic mass is 16.4. The molecule has 1 saturated carbocycles. The van der Waals surface area contributed by atoms with Gasteiger partial charge in [-0.05, 0) is 68.8 Å². The minimum absolute atomic E-state index is 0.317. The highest BCUT2D eigenvalue weighted by Gasteiger charge is 2.53. The number of likely N-dealkylation sites (tertiary alicyclic amines) is 1. The molecule has 23 heavy (non-hydrogen) atoms. The minimum Gasteiger partial charge on any atom is -0.481 e. The SMILES string of the molecule is CC(C(=O)O)c1ccc2c(c1)[C@]13CCCC[C@@H]1[C@H](C2)N(C)CC3. The van der Waals surface area contributed by atoms with E-state index < -0.39 is 11.9 Å². The molecule has 2 aliphatic carbocycles. The van der Waals surface area contributed by atoms with Crippen LogP contribution >= 0.6 is 0 Å². The molecule has 1 aromatic carbocycles. The second-order valence-electron chi connectivity index (χ2n) is 7.99. The van der Waals surface area contributed by atoms with E-state index in [-0.39, 0.29) is 0 Å². The Morgan fingerprint density at radius 1 is 1.35 bits per heavy atom. The Bertz CT molecular complexity index is 641. The Labute approximate surface area is 138 Å². The molecule has 3 aliphatic rings. The van der Waals surface area contributed by atoms with Crippen molar-refractivity contribution in [3.05, 3.63) is 34.9 Å². The van der Waals surface area contributed by atoms with Gasteiger partial charge in [-0.2, -0.15) is 0 Å². The first-order chi connectivity index (χ1) is 11.0. The number of benzene rings is 1. The van der Waals surface area contributed by atoms with Gasteiger partial charge in [-0.25, -0.2) is 0 Å². The van der Waals surface area contributed by atoms with E-state index in [1.807, 2.05) is 6.07 Å². The van der Waals surface area contributed by atoms with Gasteiger partial charge in [0.15, 0.2) is 0 Å². The van der Waals surface area contributed by atoms with Crippen molar-refractivity contribution in [3.8, 4) is 0 Å². The van der Waals surface area contributed by atoms with Crippen LogP contribution in [0.15, 0.2) is 18.2 Å². The van der Waals surface area contributed by atoms with Crippen LogP contribution in [0.4, 0.5) is 0 Å². The molecule has 0 amide bonds. The van der Waals surface area contributed by atoms with E-state index in [1.165, 1.54) is 49.8 Å². The van der Waals surface area contributed by atoms with E-state index in [0.717, 1.165) is 17.9 Å². The van der Waals surface area contributed by atoms with Crippen LogP contribution < -0.4 is 0 Å². The Balaban J connectivity index is 1.83. The first-order valence-corrected chi connectivity index (χ1v) is 9.09. The lowest BCUT2D eigenvalue weighted by molar-refractivity contribution is -0.138. The molecule has 1 aromatic rings. The van der Waals surface area contributed by atoms with Gasteiger partial charge in [-0.3, -0.25) is 4.79 Å². The molecule has 0 aromatic heterocycles. The third kappa shape index (κ3) is 2.16. The topological polar surface area (TPSA) is 40.5 Å². The number of hydrogen-bond acceptors (Lipinski definition) is 2. The molecule has 1 N–H and O–H groups in total. The van der Waals surface area contributed by atoms with Crippen LogP contribution in [0.1, 0.15) is 61.6 Å². The number of likely N-dealkylation sites (N-methyl/N-ethyl adjacent to an activating group) is 1. The quantitative estimate of drug-likeness (QED) is 0.907. The lowest BCUT2D eigenvalue weighted by atomic mass is 9.52. The molecule has 0 radical (unpaired) electrons. The summed E-state index contributed by atoms with van der Waals surface area (Å²) in [4.78, 5) is 14.0. The largest absolute Gasteiger partial charge is 0.481 e. The summed E-state index contributed by atoms with van der Waals surface area (Å²) in [6.45, 7) is 2.99. The van der Waals surface area contributed by atoms with Gasteiger partial charge in [-0.1, -0.05) is 31.0 Å². The third-order valence-corrected chi connectivity index (χ3v) is 7.01. The summed E-state index contributed by atoms with van der Waals surface area (Å²) in [7, 11) is 2.29. The maximum absolute atomic E-state index is 11.4. The van der Waals surface area contributed by atoms with Crippen molar-refractivity contribution >= 4 is 5.97 Å². The molecule has 124 valence electrons. The van der Waals surface area contributed by atoms with Crippen LogP contribution in [0.5, 0.6) is 0 Å². The molecule has 0 spiro atoms. The number of hydrogen-bond donors (Lipinski definition) is 1. The predicted molar refractivity (Wildman–Crippen MR) is 90.9 cm³/mol. The van der Waals surface area contributed by atoms with Crippen molar-refractivity contribution in [2.75, 3.05) is 13.6 Å². The first-order valence-electron chi connectivity index (χ1n) is 9.09. The molecule has 4 rings (SSSR count). The molecule has 3 heteroatoms. The number of fused-ring (bicyclic) bond motifs is 1. The molecule has 1 unspecified atom stereocenters. The molecule has 1 aliphatic heterocycles. The fraction of sp³-hybridized carbons (Fsp3) is 0.650. The van der Waals surface area contributed by atoms with Crippen molar-refractivity contribution in [2.24, 2.45) is 5.92 Å². The Morgan fingerprint density at radius 3 is 2.96 bits per heavy atom. The van der Waals surface area contributed by atoms with Crippen molar-refractivity contribution in [1.29, 1.82) is 0 Å². The summed E-state index contributed by atoms with van der Waals surface area (Å²) in [5.74, 6) is -0.375. The van der Waals surface area contributed by atoms with Gasteiger partial charge >= 0.3 is 5.97 Å². The van der Waals surface area contributed by atoms with Gasteiger partial charge < -0.3 is 10.0 Å². The molecule has 2 bridgehead atoms. The highest BCUT2D eigenvalue weighted by Crippen LogP contribution is 2.55. The fourth-order valence-electron chi connectivity index (χ4n) is 5.63. The van der Waals surface area contributed by atoms with E-state index in [2.05, 4.69) is 24.1 Å². The third-order valence-electron chi connectivity index (χ3n) is 7.01. The van der Waals surface area contributed by atoms with Crippen LogP contribution in [0.2, 0.25) is 0 Å². The van der Waals surface area contributed by atoms with Crippen LogP contribution in [-0.2, 0) is 16.6 Å². The van der Waals surface area contributed by atoms with E-state index in [1.54, 1.807) is 6.92 Å². The highest BCUT2D eigenvalue weighted by molar-refractivity contribution is 5.75. The zero-order valence-corrected chi connectivity index (χ0v) is 14.2. The number of piperidine rings is 1. The summed E-state index contributed by atoms with van der Waals surface area (Å²) in [6, 6.07) is 7.21. The first kappa shape index (κ1) is 15.2. The standard InChI is InChI=1S/C20H27NO2/c1-13(19(22)23)14-6-7-15-12-18-16-5-3-4-8-20(16,17(15)11-14)9-10-21(18)2/h6-7,11,13,16,18H,3-5,8-10,12H2,1-2H3,(H,22,23)/t13?,16-,18+,20+/m1/s1. The second-order valence-corrected chi connectivity index (χ2v) is 7.99. The molecule has 4 atom stereocenters. The van der Waals surface area contributed by atoms with Crippen LogP contribution in [0.3, 0.4) is 0 Å². The number of aliphatic carboxylic acids is 1. The molecule has 1 heterocycles. The van der Waals surface area contributed by atoms with Gasteiger partial charge in [0.25, 0.3) is 0 Å². The summed E-state index contributed by atoms with van der Waals surface area (Å²) < 4.78 is 0. The lowest BCUT2D eigenvalue weighted by Crippen LogP contribution is -2.59. The van der Waals surface area contributed by atoms with Gasteiger partial charge in [0.05, 0.1) is 5.92 Å². The maximum atomic E-state index is 11.4. The summed E-state index contributed by atoms with van der Waals surface area (Å²) in [5, 5.41) is 9.37. The van der Waals surface area contributed by atoms with E-state index >= 15 is 0 Å². The monoisotopic (exact) mass is 313 g/mol. The number of carboxylic acids is 1. The number of rotatable bonds is 2.